The summed E-state index contributed by atoms with van der Waals surface area (Å²) in [6.07, 6.45) is 2.25. The lowest BCUT2D eigenvalue weighted by Crippen LogP contribution is -2.52. The number of nitriles is 1. The topological polar surface area (TPSA) is 82.4 Å². The number of amides is 2. The molecule has 0 aliphatic carbocycles. The zero-order chi connectivity index (χ0) is 18.4. The number of methoxy groups -OCH3 is 1. The fourth-order valence-electron chi connectivity index (χ4n) is 3.08. The van der Waals surface area contributed by atoms with Gasteiger partial charge in [-0.1, -0.05) is 32.4 Å². The Kier molecular flexibility index (Phi) is 6.40. The highest BCUT2D eigenvalue weighted by Gasteiger charge is 2.36. The molecule has 1 N–H and O–H groups in total. The van der Waals surface area contributed by atoms with Crippen molar-refractivity contribution in [2.45, 2.75) is 45.2 Å². The van der Waals surface area contributed by atoms with Crippen LogP contribution >= 0.6 is 0 Å². The van der Waals surface area contributed by atoms with E-state index in [2.05, 4.69) is 11.4 Å². The number of hydrogen-bond donors (Lipinski definition) is 1. The molecule has 1 aromatic carbocycles. The Morgan fingerprint density at radius 2 is 2.16 bits per heavy atom. The van der Waals surface area contributed by atoms with Crippen molar-refractivity contribution in [1.29, 1.82) is 5.26 Å². The first-order valence-corrected chi connectivity index (χ1v) is 8.67. The van der Waals surface area contributed by atoms with E-state index in [0.717, 1.165) is 12.8 Å². The second-order valence-corrected chi connectivity index (χ2v) is 6.36. The van der Waals surface area contributed by atoms with Gasteiger partial charge in [0, 0.05) is 6.54 Å². The van der Waals surface area contributed by atoms with Gasteiger partial charge in [-0.05, 0) is 30.9 Å². The third-order valence-electron chi connectivity index (χ3n) is 4.80. The van der Waals surface area contributed by atoms with E-state index in [-0.39, 0.29) is 17.7 Å². The van der Waals surface area contributed by atoms with Crippen molar-refractivity contribution >= 4 is 11.8 Å². The average molecular weight is 343 g/mol. The maximum Gasteiger partial charge on any atom is 0.255 e. The number of likely N-dealkylation sites (tertiary alicyclic amines) is 1. The van der Waals surface area contributed by atoms with Crippen molar-refractivity contribution in [2.75, 3.05) is 13.7 Å². The minimum atomic E-state index is -0.656. The smallest absolute Gasteiger partial charge is 0.255 e. The highest BCUT2D eigenvalue weighted by atomic mass is 16.5. The lowest BCUT2D eigenvalue weighted by atomic mass is 9.97. The van der Waals surface area contributed by atoms with Crippen LogP contribution in [0.3, 0.4) is 0 Å². The molecule has 1 unspecified atom stereocenters. The predicted octanol–water partition coefficient (Wildman–Crippen LogP) is 2.35. The van der Waals surface area contributed by atoms with Crippen LogP contribution in [0, 0.1) is 17.2 Å². The number of rotatable bonds is 6. The average Bonchev–Trinajstić information content (AvgIpc) is 3.13. The van der Waals surface area contributed by atoms with Gasteiger partial charge in [0.25, 0.3) is 5.91 Å². The zero-order valence-electron chi connectivity index (χ0n) is 15.0. The third-order valence-corrected chi connectivity index (χ3v) is 4.80. The number of carbonyl (C=O) groups excluding carboxylic acids is 2. The summed E-state index contributed by atoms with van der Waals surface area (Å²) in [5.41, 5.74) is 0.393. The fourth-order valence-corrected chi connectivity index (χ4v) is 3.08. The maximum absolute atomic E-state index is 13.0. The van der Waals surface area contributed by atoms with Gasteiger partial charge >= 0.3 is 0 Å². The van der Waals surface area contributed by atoms with Crippen molar-refractivity contribution in [3.05, 3.63) is 29.8 Å². The zero-order valence-corrected chi connectivity index (χ0v) is 15.0. The van der Waals surface area contributed by atoms with Crippen LogP contribution in [0.4, 0.5) is 0 Å². The summed E-state index contributed by atoms with van der Waals surface area (Å²) in [4.78, 5) is 27.3. The number of benzene rings is 1. The van der Waals surface area contributed by atoms with Gasteiger partial charge < -0.3 is 15.0 Å². The molecule has 1 fully saturated rings. The summed E-state index contributed by atoms with van der Waals surface area (Å²) >= 11 is 0. The standard InChI is InChI=1S/C19H25N3O3/c1-4-13(2)17(19(24)22-11-7-8-14(22)12-20)21-18(23)15-9-5-6-10-16(15)25-3/h5-6,9-10,13-14,17H,4,7-8,11H2,1-3H3,(H,21,23)/t13?,14-,17-/m0/s1. The molecule has 6 nitrogen and oxygen atoms in total. The molecule has 3 atom stereocenters. The summed E-state index contributed by atoms with van der Waals surface area (Å²) in [5, 5.41) is 12.1. The Hall–Kier alpha value is -2.55. The van der Waals surface area contributed by atoms with E-state index in [1.807, 2.05) is 13.8 Å². The molecular formula is C19H25N3O3. The van der Waals surface area contributed by atoms with Crippen molar-refractivity contribution in [3.8, 4) is 11.8 Å². The van der Waals surface area contributed by atoms with E-state index in [0.29, 0.717) is 24.3 Å². The SMILES string of the molecule is CCC(C)[C@H](NC(=O)c1ccccc1OC)C(=O)N1CCC[C@H]1C#N. The van der Waals surface area contributed by atoms with Gasteiger partial charge in [0.05, 0.1) is 18.7 Å². The number of carbonyl (C=O) groups is 2. The molecule has 0 radical (unpaired) electrons. The highest BCUT2D eigenvalue weighted by molar-refractivity contribution is 5.99. The van der Waals surface area contributed by atoms with Gasteiger partial charge in [0.1, 0.15) is 17.8 Å². The van der Waals surface area contributed by atoms with Crippen LogP contribution in [0.1, 0.15) is 43.5 Å². The molecule has 0 bridgehead atoms. The molecule has 134 valence electrons. The Labute approximate surface area is 148 Å². The van der Waals surface area contributed by atoms with Crippen molar-refractivity contribution in [2.24, 2.45) is 5.92 Å². The first kappa shape index (κ1) is 18.8. The number of nitrogens with one attached hydrogen (secondary N) is 1. The van der Waals surface area contributed by atoms with E-state index >= 15 is 0 Å². The Balaban J connectivity index is 2.22. The van der Waals surface area contributed by atoms with E-state index in [1.165, 1.54) is 7.11 Å². The van der Waals surface area contributed by atoms with Gasteiger partial charge in [-0.2, -0.15) is 5.26 Å². The molecule has 2 rings (SSSR count). The molecular weight excluding hydrogens is 318 g/mol. The van der Waals surface area contributed by atoms with E-state index in [9.17, 15) is 14.9 Å². The van der Waals surface area contributed by atoms with Crippen molar-refractivity contribution in [3.63, 3.8) is 0 Å². The van der Waals surface area contributed by atoms with Crippen LogP contribution in [0.2, 0.25) is 0 Å². The predicted molar refractivity (Wildman–Crippen MR) is 94.1 cm³/mol. The lowest BCUT2D eigenvalue weighted by Gasteiger charge is -2.29. The molecule has 0 spiro atoms. The normalized spacial score (nSPS) is 19.0. The first-order valence-electron chi connectivity index (χ1n) is 8.67. The van der Waals surface area contributed by atoms with Gasteiger partial charge in [-0.15, -0.1) is 0 Å². The van der Waals surface area contributed by atoms with Crippen LogP contribution < -0.4 is 10.1 Å². The van der Waals surface area contributed by atoms with Gasteiger partial charge in [-0.25, -0.2) is 0 Å². The summed E-state index contributed by atoms with van der Waals surface area (Å²) in [5.74, 6) is -0.0945. The molecule has 0 saturated carbocycles. The molecule has 6 heteroatoms. The van der Waals surface area contributed by atoms with E-state index < -0.39 is 12.1 Å². The van der Waals surface area contributed by atoms with Crippen molar-refractivity contribution in [1.82, 2.24) is 10.2 Å². The summed E-state index contributed by atoms with van der Waals surface area (Å²) in [6.45, 7) is 4.48. The number of hydrogen-bond acceptors (Lipinski definition) is 4. The number of ether oxygens (including phenoxy) is 1. The van der Waals surface area contributed by atoms with Crippen LogP contribution in [0.25, 0.3) is 0 Å². The van der Waals surface area contributed by atoms with E-state index in [1.54, 1.807) is 29.2 Å². The highest BCUT2D eigenvalue weighted by Crippen LogP contribution is 2.22. The van der Waals surface area contributed by atoms with E-state index in [4.69, 9.17) is 4.74 Å². The summed E-state index contributed by atoms with van der Waals surface area (Å²) in [7, 11) is 1.51. The Bertz CT molecular complexity index is 668. The summed E-state index contributed by atoms with van der Waals surface area (Å²) in [6, 6.07) is 8.04. The minimum Gasteiger partial charge on any atom is -0.496 e. The molecule has 1 aromatic rings. The van der Waals surface area contributed by atoms with Crippen LogP contribution in [-0.2, 0) is 4.79 Å². The van der Waals surface area contributed by atoms with Crippen LogP contribution in [0.5, 0.6) is 5.75 Å². The maximum atomic E-state index is 13.0. The van der Waals surface area contributed by atoms with Gasteiger partial charge in [0.15, 0.2) is 0 Å². The molecule has 0 aromatic heterocycles. The third kappa shape index (κ3) is 4.11. The summed E-state index contributed by atoms with van der Waals surface area (Å²) < 4.78 is 5.23. The molecule has 1 saturated heterocycles. The largest absolute Gasteiger partial charge is 0.496 e. The van der Waals surface area contributed by atoms with Gasteiger partial charge in [0.2, 0.25) is 5.91 Å². The molecule has 1 aliphatic rings. The number of para-hydroxylation sites is 1. The Morgan fingerprint density at radius 1 is 1.44 bits per heavy atom. The molecule has 25 heavy (non-hydrogen) atoms. The Morgan fingerprint density at radius 3 is 2.80 bits per heavy atom. The quantitative estimate of drug-likeness (QED) is 0.859. The molecule has 1 aliphatic heterocycles. The second-order valence-electron chi connectivity index (χ2n) is 6.36. The van der Waals surface area contributed by atoms with Crippen LogP contribution in [0.15, 0.2) is 24.3 Å². The van der Waals surface area contributed by atoms with Crippen molar-refractivity contribution < 1.29 is 14.3 Å². The fraction of sp³-hybridized carbons (Fsp3) is 0.526. The monoisotopic (exact) mass is 343 g/mol. The second kappa shape index (κ2) is 8.52. The van der Waals surface area contributed by atoms with Crippen LogP contribution in [-0.4, -0.2) is 42.5 Å². The lowest BCUT2D eigenvalue weighted by molar-refractivity contribution is -0.134. The number of nitrogens with zero attached hydrogens (tertiary/aromatic N) is 2. The first-order chi connectivity index (χ1) is 12.0. The minimum absolute atomic E-state index is 0.0360. The molecule has 1 heterocycles. The molecule has 2 amide bonds. The van der Waals surface area contributed by atoms with Gasteiger partial charge in [-0.3, -0.25) is 9.59 Å².